The highest BCUT2D eigenvalue weighted by atomic mass is 32.2. The predicted octanol–water partition coefficient (Wildman–Crippen LogP) is 8.16. The first-order valence-electron chi connectivity index (χ1n) is 14.1. The third kappa shape index (κ3) is 11.5. The molecular formula is C33H28F9O6PS. The van der Waals surface area contributed by atoms with Gasteiger partial charge in [-0.3, -0.25) is 4.55 Å². The van der Waals surface area contributed by atoms with E-state index < -0.39 is 75.9 Å². The minimum atomic E-state index is -6.10. The van der Waals surface area contributed by atoms with Gasteiger partial charge in [0.1, 0.15) is 16.2 Å². The summed E-state index contributed by atoms with van der Waals surface area (Å²) in [6.45, 7) is 5.43. The Morgan fingerprint density at radius 2 is 1.06 bits per heavy atom. The van der Waals surface area contributed by atoms with E-state index in [2.05, 4.69) is 60.7 Å². The number of carbonyl (C=O) groups is 1. The molecule has 17 heteroatoms. The Balaban J connectivity index is 0.000000279. The Hall–Kier alpha value is -4.14. The molecule has 1 N–H and O–H groups in total. The summed E-state index contributed by atoms with van der Waals surface area (Å²) < 4.78 is 154. The number of hydrogen-bond acceptors (Lipinski definition) is 5. The van der Waals surface area contributed by atoms with Crippen molar-refractivity contribution in [3.63, 3.8) is 0 Å². The summed E-state index contributed by atoms with van der Waals surface area (Å²) >= 11 is 0. The zero-order valence-corrected chi connectivity index (χ0v) is 27.9. The molecule has 4 aromatic rings. The van der Waals surface area contributed by atoms with Crippen molar-refractivity contribution < 1.29 is 66.8 Å². The van der Waals surface area contributed by atoms with E-state index in [-0.39, 0.29) is 12.6 Å². The van der Waals surface area contributed by atoms with Gasteiger partial charge in [0.2, 0.25) is 0 Å². The molecule has 0 atom stereocenters. The molecule has 0 saturated carbocycles. The zero-order chi connectivity index (χ0) is 37.7. The van der Waals surface area contributed by atoms with Crippen LogP contribution in [0, 0.1) is 0 Å². The van der Waals surface area contributed by atoms with Crippen LogP contribution in [0.1, 0.15) is 37.5 Å². The molecule has 50 heavy (non-hydrogen) atoms. The van der Waals surface area contributed by atoms with E-state index in [0.29, 0.717) is 5.75 Å². The summed E-state index contributed by atoms with van der Waals surface area (Å²) in [6, 6.07) is 27.4. The van der Waals surface area contributed by atoms with Gasteiger partial charge in [-0.05, 0) is 68.9 Å². The van der Waals surface area contributed by atoms with Crippen molar-refractivity contribution in [2.24, 2.45) is 0 Å². The zero-order valence-electron chi connectivity index (χ0n) is 26.2. The van der Waals surface area contributed by atoms with Crippen LogP contribution in [-0.4, -0.2) is 31.1 Å². The van der Waals surface area contributed by atoms with Gasteiger partial charge < -0.3 is 9.47 Å². The fourth-order valence-corrected chi connectivity index (χ4v) is 7.48. The second-order valence-electron chi connectivity index (χ2n) is 11.2. The molecule has 270 valence electrons. The fraction of sp³-hybridized carbons (Fsp3) is 0.242. The van der Waals surface area contributed by atoms with Crippen molar-refractivity contribution in [2.75, 3.05) is 6.61 Å². The lowest BCUT2D eigenvalue weighted by molar-refractivity contribution is -0.157. The quantitative estimate of drug-likeness (QED) is 0.0887. The first kappa shape index (κ1) is 40.3. The Kier molecular flexibility index (Phi) is 12.4. The molecule has 0 aliphatic carbocycles. The van der Waals surface area contributed by atoms with Gasteiger partial charge in [-0.25, -0.2) is 4.79 Å². The summed E-state index contributed by atoms with van der Waals surface area (Å²) in [7, 11) is -6.75. The van der Waals surface area contributed by atoms with E-state index in [0.717, 1.165) is 0 Å². The Bertz CT molecular complexity index is 1780. The van der Waals surface area contributed by atoms with Crippen LogP contribution in [0.3, 0.4) is 0 Å². The maximum absolute atomic E-state index is 12.6. The van der Waals surface area contributed by atoms with Crippen molar-refractivity contribution in [1.82, 2.24) is 0 Å². The number of ether oxygens (including phenoxy) is 2. The molecule has 0 unspecified atom stereocenters. The Labute approximate surface area is 282 Å². The van der Waals surface area contributed by atoms with Crippen LogP contribution in [-0.2, 0) is 38.2 Å². The fourth-order valence-electron chi connectivity index (χ4n) is 4.30. The molecule has 0 saturated heterocycles. The van der Waals surface area contributed by atoms with Crippen LogP contribution in [0.25, 0.3) is 0 Å². The van der Waals surface area contributed by atoms with Gasteiger partial charge in [-0.1, -0.05) is 72.8 Å². The van der Waals surface area contributed by atoms with Crippen LogP contribution < -0.4 is 20.7 Å². The molecule has 0 heterocycles. The van der Waals surface area contributed by atoms with Crippen molar-refractivity contribution >= 4 is 39.9 Å². The SMILES string of the molecule is CC(C)(C)OC(=O)COc1ccc(P(c2ccccc2)c2ccccc2)cc1.O=S(=O)(O)c1c(C(F)(F)F)cc(C(F)(F)F)cc1C(F)(F)F. The highest BCUT2D eigenvalue weighted by molar-refractivity contribution is 7.86. The number of carbonyl (C=O) groups excluding carboxylic acids is 1. The molecule has 6 nitrogen and oxygen atoms in total. The van der Waals surface area contributed by atoms with E-state index in [4.69, 9.17) is 14.0 Å². The summed E-state index contributed by atoms with van der Waals surface area (Å²) in [6.07, 6.45) is -17.4. The number of alkyl halides is 9. The highest BCUT2D eigenvalue weighted by Gasteiger charge is 2.47. The second-order valence-corrected chi connectivity index (χ2v) is 14.8. The molecule has 0 amide bonds. The Morgan fingerprint density at radius 3 is 1.40 bits per heavy atom. The van der Waals surface area contributed by atoms with Crippen molar-refractivity contribution in [3.05, 3.63) is 114 Å². The van der Waals surface area contributed by atoms with Crippen LogP contribution in [0.5, 0.6) is 5.75 Å². The van der Waals surface area contributed by atoms with Crippen molar-refractivity contribution in [1.29, 1.82) is 0 Å². The lowest BCUT2D eigenvalue weighted by atomic mass is 10.0. The van der Waals surface area contributed by atoms with Gasteiger partial charge in [-0.15, -0.1) is 0 Å². The predicted molar refractivity (Wildman–Crippen MR) is 168 cm³/mol. The average Bonchev–Trinajstić information content (AvgIpc) is 2.99. The third-order valence-electron chi connectivity index (χ3n) is 6.19. The highest BCUT2D eigenvalue weighted by Crippen LogP contribution is 2.45. The molecule has 4 aromatic carbocycles. The van der Waals surface area contributed by atoms with E-state index in [1.807, 2.05) is 45.0 Å². The summed E-state index contributed by atoms with van der Waals surface area (Å²) in [5.74, 6) is 0.290. The molecule has 0 radical (unpaired) electrons. The topological polar surface area (TPSA) is 89.9 Å². The molecule has 0 spiro atoms. The van der Waals surface area contributed by atoms with E-state index in [9.17, 15) is 52.7 Å². The van der Waals surface area contributed by atoms with E-state index >= 15 is 0 Å². The minimum absolute atomic E-state index is 0.0945. The average molecular weight is 755 g/mol. The molecule has 0 aliphatic rings. The summed E-state index contributed by atoms with van der Waals surface area (Å²) in [4.78, 5) is 9.15. The van der Waals surface area contributed by atoms with Crippen LogP contribution >= 0.6 is 7.92 Å². The van der Waals surface area contributed by atoms with Gasteiger partial charge in [-0.2, -0.15) is 47.9 Å². The standard InChI is InChI=1S/C24H25O3P.C9H3F9O3S/c1-24(2,3)27-23(25)18-26-19-14-16-22(17-15-19)28(20-10-6-4-7-11-20)21-12-8-5-9-13-21;10-7(11,12)3-1-4(8(13,14)15)6(22(19,20)21)5(2-3)9(16,17)18/h4-17H,18H2,1-3H3;1-2H,(H,19,20,21). The first-order chi connectivity index (χ1) is 22.9. The van der Waals surface area contributed by atoms with Gasteiger partial charge >= 0.3 is 24.5 Å². The number of benzene rings is 4. The summed E-state index contributed by atoms with van der Waals surface area (Å²) in [5, 5.41) is 3.83. The molecule has 4 rings (SSSR count). The number of hydrogen-bond donors (Lipinski definition) is 1. The van der Waals surface area contributed by atoms with Crippen LogP contribution in [0.4, 0.5) is 39.5 Å². The summed E-state index contributed by atoms with van der Waals surface area (Å²) in [5.41, 5.74) is -8.40. The van der Waals surface area contributed by atoms with Gasteiger partial charge in [0.15, 0.2) is 6.61 Å². The number of esters is 1. The second kappa shape index (κ2) is 15.4. The molecule has 0 aliphatic heterocycles. The molecular weight excluding hydrogens is 726 g/mol. The lowest BCUT2D eigenvalue weighted by Crippen LogP contribution is -2.27. The molecule has 0 fully saturated rings. The molecule has 0 bridgehead atoms. The van der Waals surface area contributed by atoms with Gasteiger partial charge in [0.25, 0.3) is 10.1 Å². The maximum Gasteiger partial charge on any atom is 0.417 e. The molecule has 0 aromatic heterocycles. The minimum Gasteiger partial charge on any atom is -0.482 e. The van der Waals surface area contributed by atoms with Crippen molar-refractivity contribution in [2.45, 2.75) is 49.8 Å². The third-order valence-corrected chi connectivity index (χ3v) is 9.58. The smallest absolute Gasteiger partial charge is 0.417 e. The monoisotopic (exact) mass is 754 g/mol. The first-order valence-corrected chi connectivity index (χ1v) is 16.9. The van der Waals surface area contributed by atoms with Crippen molar-refractivity contribution in [3.8, 4) is 5.75 Å². The largest absolute Gasteiger partial charge is 0.482 e. The number of rotatable bonds is 7. The van der Waals surface area contributed by atoms with E-state index in [1.54, 1.807) is 0 Å². The number of halogens is 9. The van der Waals surface area contributed by atoms with Gasteiger partial charge in [0.05, 0.1) is 16.7 Å². The lowest BCUT2D eigenvalue weighted by Gasteiger charge is -2.20. The normalized spacial score (nSPS) is 12.6. The van der Waals surface area contributed by atoms with Crippen LogP contribution in [0.15, 0.2) is 102 Å². The maximum atomic E-state index is 12.6. The van der Waals surface area contributed by atoms with Crippen LogP contribution in [0.2, 0.25) is 0 Å². The Morgan fingerprint density at radius 1 is 0.660 bits per heavy atom. The van der Waals surface area contributed by atoms with Gasteiger partial charge in [0, 0.05) is 0 Å². The van der Waals surface area contributed by atoms with E-state index in [1.165, 1.54) is 15.9 Å².